The quantitative estimate of drug-likeness (QED) is 0.208. The second kappa shape index (κ2) is 10.8. The molecule has 0 bridgehead atoms. The highest BCUT2D eigenvalue weighted by Gasteiger charge is 2.14. The number of aromatic nitrogens is 3. The van der Waals surface area contributed by atoms with Crippen LogP contribution in [0.3, 0.4) is 0 Å². The Bertz CT molecular complexity index is 2230. The molecule has 0 fully saturated rings. The molecule has 8 aromatic rings. The normalized spacial score (nSPS) is 11.3. The molecule has 8 rings (SSSR count). The topological polar surface area (TPSA) is 51.8 Å². The zero-order chi connectivity index (χ0) is 29.5. The molecule has 0 unspecified atom stereocenters. The first-order valence-electron chi connectivity index (χ1n) is 14.7. The lowest BCUT2D eigenvalue weighted by molar-refractivity contribution is 0.669. The number of hydrogen-bond acceptors (Lipinski definition) is 4. The van der Waals surface area contributed by atoms with Crippen LogP contribution >= 0.6 is 0 Å². The van der Waals surface area contributed by atoms with Gasteiger partial charge in [0.2, 0.25) is 0 Å². The molecule has 0 N–H and O–H groups in total. The van der Waals surface area contributed by atoms with Crippen LogP contribution in [0, 0.1) is 6.92 Å². The fourth-order valence-corrected chi connectivity index (χ4v) is 5.78. The molecule has 4 heteroatoms. The maximum absolute atomic E-state index is 6.18. The molecule has 0 aliphatic heterocycles. The van der Waals surface area contributed by atoms with E-state index in [9.17, 15) is 0 Å². The first kappa shape index (κ1) is 25.8. The van der Waals surface area contributed by atoms with Crippen molar-refractivity contribution in [1.82, 2.24) is 15.0 Å². The number of furan rings is 1. The highest BCUT2D eigenvalue weighted by Crippen LogP contribution is 2.35. The van der Waals surface area contributed by atoms with Gasteiger partial charge < -0.3 is 4.42 Å². The lowest BCUT2D eigenvalue weighted by Crippen LogP contribution is -2.00. The minimum Gasteiger partial charge on any atom is -0.456 e. The average molecular weight is 566 g/mol. The lowest BCUT2D eigenvalue weighted by Gasteiger charge is -2.12. The maximum atomic E-state index is 6.18. The van der Waals surface area contributed by atoms with Crippen LogP contribution in [0.2, 0.25) is 0 Å². The predicted octanol–water partition coefficient (Wildman–Crippen LogP) is 10.4. The second-order valence-electron chi connectivity index (χ2n) is 11.0. The van der Waals surface area contributed by atoms with Crippen LogP contribution in [0.4, 0.5) is 0 Å². The summed E-state index contributed by atoms with van der Waals surface area (Å²) in [4.78, 5) is 14.7. The van der Waals surface area contributed by atoms with E-state index in [4.69, 9.17) is 19.4 Å². The number of rotatable bonds is 5. The van der Waals surface area contributed by atoms with Crippen LogP contribution in [-0.4, -0.2) is 15.0 Å². The standard InChI is InChI=1S/C40H27N3O/c1-26-19-20-32(40-42-38(27-11-4-2-5-12-27)41-39(43-40)28-13-6-3-7-14-28)24-35(26)31-16-10-15-29(23-31)30-21-22-34-33-17-8-9-18-36(33)44-37(34)25-30/h2-25H,1H3. The first-order chi connectivity index (χ1) is 21.7. The smallest absolute Gasteiger partial charge is 0.164 e. The van der Waals surface area contributed by atoms with E-state index >= 15 is 0 Å². The molecule has 6 aromatic carbocycles. The van der Waals surface area contributed by atoms with Crippen LogP contribution in [-0.2, 0) is 0 Å². The van der Waals surface area contributed by atoms with Gasteiger partial charge in [-0.25, -0.2) is 15.0 Å². The highest BCUT2D eigenvalue weighted by molar-refractivity contribution is 6.05. The largest absolute Gasteiger partial charge is 0.456 e. The molecular formula is C40H27N3O. The molecule has 44 heavy (non-hydrogen) atoms. The summed E-state index contributed by atoms with van der Waals surface area (Å²) in [5, 5.41) is 2.27. The minimum atomic E-state index is 0.644. The Hall–Kier alpha value is -5.87. The van der Waals surface area contributed by atoms with Gasteiger partial charge in [0.25, 0.3) is 0 Å². The summed E-state index contributed by atoms with van der Waals surface area (Å²) >= 11 is 0. The molecule has 0 atom stereocenters. The van der Waals surface area contributed by atoms with Gasteiger partial charge in [-0.15, -0.1) is 0 Å². The molecule has 0 aliphatic rings. The van der Waals surface area contributed by atoms with E-state index in [0.717, 1.165) is 60.9 Å². The number of benzene rings is 6. The van der Waals surface area contributed by atoms with Gasteiger partial charge >= 0.3 is 0 Å². The molecule has 0 saturated carbocycles. The van der Waals surface area contributed by atoms with Crippen molar-refractivity contribution in [3.05, 3.63) is 151 Å². The minimum absolute atomic E-state index is 0.644. The van der Waals surface area contributed by atoms with Crippen molar-refractivity contribution in [2.45, 2.75) is 6.92 Å². The van der Waals surface area contributed by atoms with E-state index in [0.29, 0.717) is 17.5 Å². The van der Waals surface area contributed by atoms with Crippen LogP contribution in [0.15, 0.2) is 150 Å². The van der Waals surface area contributed by atoms with Crippen molar-refractivity contribution in [2.24, 2.45) is 0 Å². The Morgan fingerprint density at radius 2 is 0.932 bits per heavy atom. The third-order valence-electron chi connectivity index (χ3n) is 8.08. The summed E-state index contributed by atoms with van der Waals surface area (Å²) in [6, 6.07) is 49.9. The van der Waals surface area contributed by atoms with Crippen molar-refractivity contribution < 1.29 is 4.42 Å². The monoisotopic (exact) mass is 565 g/mol. The summed E-state index contributed by atoms with van der Waals surface area (Å²) in [6.07, 6.45) is 0. The average Bonchev–Trinajstić information content (AvgIpc) is 3.47. The third-order valence-corrected chi connectivity index (χ3v) is 8.08. The van der Waals surface area contributed by atoms with Crippen molar-refractivity contribution >= 4 is 21.9 Å². The predicted molar refractivity (Wildman–Crippen MR) is 179 cm³/mol. The van der Waals surface area contributed by atoms with Gasteiger partial charge in [-0.3, -0.25) is 0 Å². The maximum Gasteiger partial charge on any atom is 0.164 e. The highest BCUT2D eigenvalue weighted by atomic mass is 16.3. The van der Waals surface area contributed by atoms with Crippen molar-refractivity contribution in [3.8, 4) is 56.4 Å². The summed E-state index contributed by atoms with van der Waals surface area (Å²) in [5.74, 6) is 1.95. The van der Waals surface area contributed by atoms with E-state index in [1.54, 1.807) is 0 Å². The molecule has 0 aliphatic carbocycles. The van der Waals surface area contributed by atoms with Crippen LogP contribution in [0.25, 0.3) is 78.4 Å². The number of nitrogens with zero attached hydrogens (tertiary/aromatic N) is 3. The number of aryl methyl sites for hydroxylation is 1. The van der Waals surface area contributed by atoms with Crippen LogP contribution in [0.5, 0.6) is 0 Å². The van der Waals surface area contributed by atoms with E-state index in [1.165, 1.54) is 5.56 Å². The van der Waals surface area contributed by atoms with E-state index < -0.39 is 0 Å². The number of para-hydroxylation sites is 1. The van der Waals surface area contributed by atoms with Gasteiger partial charge in [0.15, 0.2) is 17.5 Å². The first-order valence-corrected chi connectivity index (χ1v) is 14.7. The fraction of sp³-hybridized carbons (Fsp3) is 0.0250. The molecule has 2 aromatic heterocycles. The SMILES string of the molecule is Cc1ccc(-c2nc(-c3ccccc3)nc(-c3ccccc3)n2)cc1-c1cccc(-c2ccc3c(c2)oc2ccccc23)c1. The molecule has 2 heterocycles. The third kappa shape index (κ3) is 4.73. The molecule has 208 valence electrons. The Balaban J connectivity index is 1.22. The Morgan fingerprint density at radius 1 is 0.386 bits per heavy atom. The van der Waals surface area contributed by atoms with Gasteiger partial charge in [0.05, 0.1) is 0 Å². The van der Waals surface area contributed by atoms with Crippen LogP contribution in [0.1, 0.15) is 5.56 Å². The summed E-state index contributed by atoms with van der Waals surface area (Å²) in [5.41, 5.74) is 10.3. The van der Waals surface area contributed by atoms with Gasteiger partial charge in [-0.05, 0) is 65.1 Å². The molecule has 4 nitrogen and oxygen atoms in total. The molecular weight excluding hydrogens is 538 g/mol. The molecule has 0 amide bonds. The zero-order valence-electron chi connectivity index (χ0n) is 24.1. The number of hydrogen-bond donors (Lipinski definition) is 0. The van der Waals surface area contributed by atoms with Gasteiger partial charge in [0.1, 0.15) is 11.2 Å². The van der Waals surface area contributed by atoms with Crippen molar-refractivity contribution in [1.29, 1.82) is 0 Å². The van der Waals surface area contributed by atoms with E-state index in [-0.39, 0.29) is 0 Å². The van der Waals surface area contributed by atoms with Crippen molar-refractivity contribution in [3.63, 3.8) is 0 Å². The van der Waals surface area contributed by atoms with Gasteiger partial charge in [-0.2, -0.15) is 0 Å². The summed E-state index contributed by atoms with van der Waals surface area (Å²) in [7, 11) is 0. The van der Waals surface area contributed by atoms with E-state index in [1.807, 2.05) is 78.9 Å². The van der Waals surface area contributed by atoms with Crippen molar-refractivity contribution in [2.75, 3.05) is 0 Å². The molecule has 0 radical (unpaired) electrons. The Kier molecular flexibility index (Phi) is 6.31. The summed E-state index contributed by atoms with van der Waals surface area (Å²) in [6.45, 7) is 2.14. The summed E-state index contributed by atoms with van der Waals surface area (Å²) < 4.78 is 6.18. The zero-order valence-corrected chi connectivity index (χ0v) is 24.1. The van der Waals surface area contributed by atoms with Gasteiger partial charge in [0, 0.05) is 27.5 Å². The van der Waals surface area contributed by atoms with Crippen LogP contribution < -0.4 is 0 Å². The Morgan fingerprint density at radius 3 is 1.66 bits per heavy atom. The fourth-order valence-electron chi connectivity index (χ4n) is 5.78. The van der Waals surface area contributed by atoms with E-state index in [2.05, 4.69) is 73.7 Å². The van der Waals surface area contributed by atoms with Gasteiger partial charge in [-0.1, -0.05) is 115 Å². The number of fused-ring (bicyclic) bond motifs is 3. The lowest BCUT2D eigenvalue weighted by atomic mass is 9.94. The molecule has 0 saturated heterocycles. The Labute approximate surface area is 255 Å². The molecule has 0 spiro atoms. The second-order valence-corrected chi connectivity index (χ2v) is 11.0.